The Hall–Kier alpha value is -4.08. The molecular weight excluding hydrogens is 373 g/mol. The molecule has 0 bridgehead atoms. The first-order valence-corrected chi connectivity index (χ1v) is 7.79. The van der Waals surface area contributed by atoms with E-state index < -0.39 is 35.1 Å². The van der Waals surface area contributed by atoms with Crippen molar-refractivity contribution in [1.82, 2.24) is 10.9 Å². The number of nitro groups is 1. The number of amides is 2. The zero-order valence-electron chi connectivity index (χ0n) is 14.3. The molecule has 28 heavy (non-hydrogen) atoms. The van der Waals surface area contributed by atoms with E-state index in [1.165, 1.54) is 36.4 Å². The number of carbonyl (C=O) groups is 3. The minimum absolute atomic E-state index is 0.0842. The number of esters is 1. The van der Waals surface area contributed by atoms with Crippen LogP contribution in [-0.4, -0.2) is 29.3 Å². The van der Waals surface area contributed by atoms with Gasteiger partial charge in [0.15, 0.2) is 6.61 Å². The van der Waals surface area contributed by atoms with Crippen LogP contribution in [0, 0.1) is 15.9 Å². The van der Waals surface area contributed by atoms with Crippen LogP contribution in [0.5, 0.6) is 0 Å². The maximum atomic E-state index is 13.0. The molecule has 0 saturated carbocycles. The molecule has 0 atom stereocenters. The minimum atomic E-state index is -0.832. The molecule has 0 aliphatic rings. The summed E-state index contributed by atoms with van der Waals surface area (Å²) in [4.78, 5) is 44.9. The van der Waals surface area contributed by atoms with Crippen LogP contribution in [0.15, 0.2) is 54.6 Å². The number of ether oxygens (including phenoxy) is 1. The van der Waals surface area contributed by atoms with Crippen LogP contribution >= 0.6 is 0 Å². The number of halogens is 1. The number of rotatable bonds is 6. The van der Waals surface area contributed by atoms with Gasteiger partial charge in [-0.2, -0.15) is 0 Å². The lowest BCUT2D eigenvalue weighted by Gasteiger charge is -2.07. The van der Waals surface area contributed by atoms with Crippen molar-refractivity contribution in [1.29, 1.82) is 0 Å². The van der Waals surface area contributed by atoms with Crippen molar-refractivity contribution in [2.75, 3.05) is 6.61 Å². The van der Waals surface area contributed by atoms with E-state index in [4.69, 9.17) is 0 Å². The molecule has 0 aromatic heterocycles. The fraction of sp³-hybridized carbons (Fsp3) is 0.0556. The second-order valence-electron chi connectivity index (χ2n) is 5.30. The van der Waals surface area contributed by atoms with Gasteiger partial charge in [-0.05, 0) is 35.9 Å². The standard InChI is InChI=1S/C18H14FN3O6/c19-14-3-1-2-12(10-14)4-9-17(24)28-11-16(23)20-21-18(25)13-5-7-15(8-6-13)22(26)27/h1-10H,11H2,(H,20,23)(H,21,25)/b9-4+. The number of carbonyl (C=O) groups excluding carboxylic acids is 3. The summed E-state index contributed by atoms with van der Waals surface area (Å²) in [6, 6.07) is 10.2. The first kappa shape index (κ1) is 20.2. The van der Waals surface area contributed by atoms with E-state index >= 15 is 0 Å². The van der Waals surface area contributed by atoms with Gasteiger partial charge in [0.2, 0.25) is 0 Å². The smallest absolute Gasteiger partial charge is 0.331 e. The van der Waals surface area contributed by atoms with E-state index in [1.807, 2.05) is 5.43 Å². The van der Waals surface area contributed by atoms with Gasteiger partial charge in [0, 0.05) is 23.8 Å². The highest BCUT2D eigenvalue weighted by Crippen LogP contribution is 2.11. The Morgan fingerprint density at radius 1 is 1.11 bits per heavy atom. The van der Waals surface area contributed by atoms with Gasteiger partial charge in [-0.15, -0.1) is 0 Å². The average molecular weight is 387 g/mol. The van der Waals surface area contributed by atoms with Gasteiger partial charge in [0.25, 0.3) is 17.5 Å². The summed E-state index contributed by atoms with van der Waals surface area (Å²) in [5.74, 6) is -2.80. The molecule has 0 aliphatic heterocycles. The molecule has 0 unspecified atom stereocenters. The Bertz CT molecular complexity index is 927. The normalized spacial score (nSPS) is 10.3. The number of hydrazine groups is 1. The number of hydrogen-bond acceptors (Lipinski definition) is 6. The fourth-order valence-corrected chi connectivity index (χ4v) is 1.93. The van der Waals surface area contributed by atoms with Gasteiger partial charge in [0.05, 0.1) is 4.92 Å². The van der Waals surface area contributed by atoms with Crippen LogP contribution in [0.25, 0.3) is 6.08 Å². The maximum Gasteiger partial charge on any atom is 0.331 e. The third-order valence-electron chi connectivity index (χ3n) is 3.26. The fourth-order valence-electron chi connectivity index (χ4n) is 1.93. The van der Waals surface area contributed by atoms with Crippen molar-refractivity contribution < 1.29 is 28.4 Å². The monoisotopic (exact) mass is 387 g/mol. The van der Waals surface area contributed by atoms with Crippen molar-refractivity contribution in [3.05, 3.63) is 81.7 Å². The van der Waals surface area contributed by atoms with E-state index in [9.17, 15) is 28.9 Å². The maximum absolute atomic E-state index is 13.0. The van der Waals surface area contributed by atoms with Crippen molar-refractivity contribution >= 4 is 29.5 Å². The lowest BCUT2D eigenvalue weighted by Crippen LogP contribution is -2.43. The van der Waals surface area contributed by atoms with Gasteiger partial charge in [0.1, 0.15) is 5.82 Å². The topological polar surface area (TPSA) is 128 Å². The highest BCUT2D eigenvalue weighted by atomic mass is 19.1. The Kier molecular flexibility index (Phi) is 6.92. The van der Waals surface area contributed by atoms with Gasteiger partial charge in [-0.3, -0.25) is 30.6 Å². The number of hydrogen-bond donors (Lipinski definition) is 2. The van der Waals surface area contributed by atoms with Crippen molar-refractivity contribution in [3.8, 4) is 0 Å². The molecular formula is C18H14FN3O6. The largest absolute Gasteiger partial charge is 0.452 e. The molecule has 9 nitrogen and oxygen atoms in total. The molecule has 2 N–H and O–H groups in total. The average Bonchev–Trinajstić information content (AvgIpc) is 2.69. The van der Waals surface area contributed by atoms with Gasteiger partial charge in [-0.25, -0.2) is 9.18 Å². The Balaban J connectivity index is 1.75. The Morgan fingerprint density at radius 3 is 2.46 bits per heavy atom. The molecule has 0 spiro atoms. The zero-order chi connectivity index (χ0) is 20.5. The van der Waals surface area contributed by atoms with Crippen molar-refractivity contribution in [2.45, 2.75) is 0 Å². The molecule has 0 fully saturated rings. The van der Waals surface area contributed by atoms with E-state index in [1.54, 1.807) is 6.07 Å². The molecule has 0 radical (unpaired) electrons. The molecule has 0 saturated heterocycles. The van der Waals surface area contributed by atoms with Crippen LogP contribution in [0.2, 0.25) is 0 Å². The van der Waals surface area contributed by atoms with Crippen LogP contribution in [-0.2, 0) is 14.3 Å². The van der Waals surface area contributed by atoms with E-state index in [0.29, 0.717) is 5.56 Å². The highest BCUT2D eigenvalue weighted by Gasteiger charge is 2.11. The number of nitro benzene ring substituents is 1. The van der Waals surface area contributed by atoms with Crippen LogP contribution in [0.3, 0.4) is 0 Å². The predicted octanol–water partition coefficient (Wildman–Crippen LogP) is 1.75. The summed E-state index contributed by atoms with van der Waals surface area (Å²) in [5.41, 5.74) is 4.45. The molecule has 0 aliphatic carbocycles. The Labute approximate surface area is 157 Å². The predicted molar refractivity (Wildman–Crippen MR) is 95.1 cm³/mol. The molecule has 2 rings (SSSR count). The zero-order valence-corrected chi connectivity index (χ0v) is 14.3. The SMILES string of the molecule is O=C(COC(=O)/C=C/c1cccc(F)c1)NNC(=O)c1ccc([N+](=O)[O-])cc1. The third-order valence-corrected chi connectivity index (χ3v) is 3.26. The lowest BCUT2D eigenvalue weighted by molar-refractivity contribution is -0.384. The number of nitrogens with one attached hydrogen (secondary N) is 2. The van der Waals surface area contributed by atoms with Crippen molar-refractivity contribution in [3.63, 3.8) is 0 Å². The first-order chi connectivity index (χ1) is 13.3. The van der Waals surface area contributed by atoms with E-state index in [2.05, 4.69) is 10.2 Å². The molecule has 2 amide bonds. The number of benzene rings is 2. The first-order valence-electron chi connectivity index (χ1n) is 7.79. The molecule has 0 heterocycles. The second-order valence-corrected chi connectivity index (χ2v) is 5.30. The summed E-state index contributed by atoms with van der Waals surface area (Å²) in [5, 5.41) is 10.6. The molecule has 2 aromatic carbocycles. The quantitative estimate of drug-likeness (QED) is 0.336. The summed E-state index contributed by atoms with van der Waals surface area (Å²) >= 11 is 0. The number of non-ortho nitro benzene ring substituents is 1. The van der Waals surface area contributed by atoms with Gasteiger partial charge in [-0.1, -0.05) is 12.1 Å². The van der Waals surface area contributed by atoms with Gasteiger partial charge < -0.3 is 4.74 Å². The lowest BCUT2D eigenvalue weighted by atomic mass is 10.2. The van der Waals surface area contributed by atoms with Crippen LogP contribution in [0.4, 0.5) is 10.1 Å². The van der Waals surface area contributed by atoms with E-state index in [0.717, 1.165) is 18.2 Å². The van der Waals surface area contributed by atoms with E-state index in [-0.39, 0.29) is 11.3 Å². The molecule has 10 heteroatoms. The highest BCUT2D eigenvalue weighted by molar-refractivity contribution is 5.96. The summed E-state index contributed by atoms with van der Waals surface area (Å²) in [6.07, 6.45) is 2.34. The van der Waals surface area contributed by atoms with Crippen molar-refractivity contribution in [2.24, 2.45) is 0 Å². The second kappa shape index (κ2) is 9.57. The van der Waals surface area contributed by atoms with Crippen LogP contribution in [0.1, 0.15) is 15.9 Å². The molecule has 2 aromatic rings. The van der Waals surface area contributed by atoms with Crippen LogP contribution < -0.4 is 10.9 Å². The minimum Gasteiger partial charge on any atom is -0.452 e. The number of nitrogens with zero attached hydrogens (tertiary/aromatic N) is 1. The molecule has 144 valence electrons. The summed E-state index contributed by atoms with van der Waals surface area (Å²) < 4.78 is 17.7. The van der Waals surface area contributed by atoms with Gasteiger partial charge >= 0.3 is 5.97 Å². The Morgan fingerprint density at radius 2 is 1.82 bits per heavy atom. The summed E-state index contributed by atoms with van der Waals surface area (Å²) in [6.45, 7) is -0.660. The third kappa shape index (κ3) is 6.33. The summed E-state index contributed by atoms with van der Waals surface area (Å²) in [7, 11) is 0.